The molecule has 0 aliphatic heterocycles. The molecule has 0 atom stereocenters. The molecular weight excluding hydrogens is 406 g/mol. The summed E-state index contributed by atoms with van der Waals surface area (Å²) in [7, 11) is 0. The van der Waals surface area contributed by atoms with Gasteiger partial charge in [-0.05, 0) is 41.5 Å². The summed E-state index contributed by atoms with van der Waals surface area (Å²) in [5.41, 5.74) is 0.915. The maximum atomic E-state index is 13.4. The third kappa shape index (κ3) is 4.20. The number of amides is 1. The van der Waals surface area contributed by atoms with Gasteiger partial charge in [-0.25, -0.2) is 18.4 Å². The van der Waals surface area contributed by atoms with Crippen molar-refractivity contribution in [2.75, 3.05) is 11.1 Å². The lowest BCUT2D eigenvalue weighted by Gasteiger charge is -2.10. The fraction of sp³-hybridized carbons (Fsp3) is 0.353. The van der Waals surface area contributed by atoms with Gasteiger partial charge >= 0.3 is 0 Å². The van der Waals surface area contributed by atoms with Gasteiger partial charge in [0.2, 0.25) is 11.1 Å². The first-order chi connectivity index (χ1) is 13.6. The van der Waals surface area contributed by atoms with Gasteiger partial charge in [0.15, 0.2) is 16.8 Å². The highest BCUT2D eigenvalue weighted by atomic mass is 32.2. The zero-order valence-electron chi connectivity index (χ0n) is 14.6. The van der Waals surface area contributed by atoms with Gasteiger partial charge in [-0.1, -0.05) is 24.6 Å². The Kier molecular flexibility index (Phi) is 5.62. The van der Waals surface area contributed by atoms with Crippen LogP contribution in [0.5, 0.6) is 0 Å². The number of carbonyl (C=O) groups is 1. The van der Waals surface area contributed by atoms with Crippen molar-refractivity contribution in [3.8, 4) is 11.3 Å². The van der Waals surface area contributed by atoms with Gasteiger partial charge in [0.25, 0.3) is 0 Å². The summed E-state index contributed by atoms with van der Waals surface area (Å²) in [6, 6.07) is 3.87. The van der Waals surface area contributed by atoms with E-state index in [1.54, 1.807) is 10.1 Å². The van der Waals surface area contributed by atoms with Crippen molar-refractivity contribution in [2.45, 2.75) is 36.9 Å². The molecule has 1 aliphatic rings. The molecular formula is C17H16F2N6OS2. The van der Waals surface area contributed by atoms with E-state index in [4.69, 9.17) is 0 Å². The summed E-state index contributed by atoms with van der Waals surface area (Å²) < 4.78 is 28.2. The summed E-state index contributed by atoms with van der Waals surface area (Å²) in [5.74, 6) is -1.94. The fourth-order valence-corrected chi connectivity index (χ4v) is 4.54. The molecule has 0 bridgehead atoms. The van der Waals surface area contributed by atoms with Crippen LogP contribution in [0.3, 0.4) is 0 Å². The molecule has 2 aromatic heterocycles. The Bertz CT molecular complexity index is 986. The van der Waals surface area contributed by atoms with Gasteiger partial charge in [0.1, 0.15) is 0 Å². The highest BCUT2D eigenvalue weighted by Crippen LogP contribution is 2.31. The molecule has 1 N–H and O–H groups in total. The van der Waals surface area contributed by atoms with Gasteiger partial charge in [0, 0.05) is 10.9 Å². The van der Waals surface area contributed by atoms with Gasteiger partial charge in [-0.2, -0.15) is 0 Å². The molecule has 1 fully saturated rings. The number of nitrogens with one attached hydrogen (secondary N) is 1. The molecule has 7 nitrogen and oxygen atoms in total. The number of hydrogen-bond donors (Lipinski definition) is 1. The number of aromatic nitrogens is 5. The van der Waals surface area contributed by atoms with E-state index in [2.05, 4.69) is 25.8 Å². The number of nitrogens with zero attached hydrogens (tertiary/aromatic N) is 5. The molecule has 0 saturated heterocycles. The molecule has 4 rings (SSSR count). The van der Waals surface area contributed by atoms with Crippen LogP contribution in [-0.4, -0.2) is 36.9 Å². The quantitative estimate of drug-likeness (QED) is 0.606. The summed E-state index contributed by atoms with van der Waals surface area (Å²) >= 11 is 2.49. The topological polar surface area (TPSA) is 85.6 Å². The van der Waals surface area contributed by atoms with E-state index in [9.17, 15) is 13.6 Å². The van der Waals surface area contributed by atoms with Crippen LogP contribution < -0.4 is 5.32 Å². The monoisotopic (exact) mass is 422 g/mol. The molecule has 1 aliphatic carbocycles. The van der Waals surface area contributed by atoms with E-state index in [0.717, 1.165) is 25.0 Å². The van der Waals surface area contributed by atoms with Crippen LogP contribution in [0.2, 0.25) is 0 Å². The summed E-state index contributed by atoms with van der Waals surface area (Å²) in [5, 5.41) is 17.2. The smallest absolute Gasteiger partial charge is 0.236 e. The second-order valence-electron chi connectivity index (χ2n) is 6.35. The van der Waals surface area contributed by atoms with E-state index < -0.39 is 11.6 Å². The van der Waals surface area contributed by atoms with Gasteiger partial charge in [-0.15, -0.1) is 16.4 Å². The minimum absolute atomic E-state index is 0.146. The van der Waals surface area contributed by atoms with Gasteiger partial charge in [-0.3, -0.25) is 4.79 Å². The van der Waals surface area contributed by atoms with E-state index in [0.29, 0.717) is 27.6 Å². The van der Waals surface area contributed by atoms with E-state index in [1.165, 1.54) is 42.0 Å². The van der Waals surface area contributed by atoms with Crippen LogP contribution in [0.1, 0.15) is 31.7 Å². The predicted molar refractivity (Wildman–Crippen MR) is 102 cm³/mol. The lowest BCUT2D eigenvalue weighted by atomic mass is 10.2. The normalized spacial score (nSPS) is 14.5. The molecule has 2 heterocycles. The van der Waals surface area contributed by atoms with Crippen molar-refractivity contribution in [2.24, 2.45) is 0 Å². The molecule has 3 aromatic rings. The van der Waals surface area contributed by atoms with E-state index in [-0.39, 0.29) is 11.7 Å². The largest absolute Gasteiger partial charge is 0.301 e. The van der Waals surface area contributed by atoms with Crippen molar-refractivity contribution in [3.05, 3.63) is 35.2 Å². The third-order valence-electron chi connectivity index (χ3n) is 4.43. The zero-order chi connectivity index (χ0) is 19.5. The Morgan fingerprint density at radius 3 is 2.89 bits per heavy atom. The van der Waals surface area contributed by atoms with Crippen LogP contribution in [0.4, 0.5) is 13.9 Å². The first-order valence-corrected chi connectivity index (χ1v) is 10.6. The first kappa shape index (κ1) is 18.9. The minimum Gasteiger partial charge on any atom is -0.301 e. The zero-order valence-corrected chi connectivity index (χ0v) is 16.3. The predicted octanol–water partition coefficient (Wildman–Crippen LogP) is 3.92. The average Bonchev–Trinajstić information content (AvgIpc) is 3.43. The van der Waals surface area contributed by atoms with Gasteiger partial charge < -0.3 is 5.32 Å². The van der Waals surface area contributed by atoms with Crippen LogP contribution in [0.25, 0.3) is 11.3 Å². The minimum atomic E-state index is -0.938. The number of thioether (sulfide) groups is 1. The molecule has 0 spiro atoms. The Morgan fingerprint density at radius 1 is 1.29 bits per heavy atom. The number of carbonyl (C=O) groups excluding carboxylic acids is 1. The maximum Gasteiger partial charge on any atom is 0.236 e. The Balaban J connectivity index is 1.35. The molecule has 146 valence electrons. The fourth-order valence-electron chi connectivity index (χ4n) is 3.06. The number of rotatable bonds is 6. The standard InChI is InChI=1S/C17H16F2N6OS2/c18-12-6-5-10(7-13(12)19)14-8-27-16(20-14)21-15(26)9-28-17-22-23-24-25(17)11-3-1-2-4-11/h5-8,11H,1-4,9H2,(H,20,21,26). The number of halogens is 2. The second-order valence-corrected chi connectivity index (χ2v) is 8.15. The summed E-state index contributed by atoms with van der Waals surface area (Å²) in [4.78, 5) is 16.5. The second kappa shape index (κ2) is 8.31. The highest BCUT2D eigenvalue weighted by Gasteiger charge is 2.22. The Labute approximate surface area is 167 Å². The molecule has 11 heteroatoms. The van der Waals surface area contributed by atoms with Crippen molar-refractivity contribution in [1.29, 1.82) is 0 Å². The van der Waals surface area contributed by atoms with Crippen LogP contribution in [0.15, 0.2) is 28.7 Å². The Morgan fingerprint density at radius 2 is 2.11 bits per heavy atom. The average molecular weight is 422 g/mol. The number of tetrazole rings is 1. The van der Waals surface area contributed by atoms with Crippen molar-refractivity contribution in [3.63, 3.8) is 0 Å². The maximum absolute atomic E-state index is 13.4. The SMILES string of the molecule is O=C(CSc1nnnn1C1CCCC1)Nc1nc(-c2ccc(F)c(F)c2)cs1. The number of anilines is 1. The molecule has 1 amide bonds. The third-order valence-corrected chi connectivity index (χ3v) is 6.12. The lowest BCUT2D eigenvalue weighted by molar-refractivity contribution is -0.113. The molecule has 0 radical (unpaired) electrons. The first-order valence-electron chi connectivity index (χ1n) is 8.71. The molecule has 0 unspecified atom stereocenters. The van der Waals surface area contributed by atoms with E-state index >= 15 is 0 Å². The number of thiazole rings is 1. The Hall–Kier alpha value is -2.40. The summed E-state index contributed by atoms with van der Waals surface area (Å²) in [6.07, 6.45) is 4.44. The van der Waals surface area contributed by atoms with Crippen LogP contribution in [-0.2, 0) is 4.79 Å². The van der Waals surface area contributed by atoms with E-state index in [1.807, 2.05) is 0 Å². The highest BCUT2D eigenvalue weighted by molar-refractivity contribution is 7.99. The van der Waals surface area contributed by atoms with Gasteiger partial charge in [0.05, 0.1) is 17.5 Å². The number of benzene rings is 1. The van der Waals surface area contributed by atoms with Crippen molar-refractivity contribution < 1.29 is 13.6 Å². The van der Waals surface area contributed by atoms with Crippen LogP contribution in [0, 0.1) is 11.6 Å². The summed E-state index contributed by atoms with van der Waals surface area (Å²) in [6.45, 7) is 0. The molecule has 1 aromatic carbocycles. The number of hydrogen-bond acceptors (Lipinski definition) is 7. The van der Waals surface area contributed by atoms with Crippen LogP contribution >= 0.6 is 23.1 Å². The van der Waals surface area contributed by atoms with Crippen molar-refractivity contribution in [1.82, 2.24) is 25.2 Å². The molecule has 28 heavy (non-hydrogen) atoms. The lowest BCUT2D eigenvalue weighted by Crippen LogP contribution is -2.15. The molecule has 1 saturated carbocycles. The van der Waals surface area contributed by atoms with Crippen molar-refractivity contribution >= 4 is 34.1 Å².